The van der Waals surface area contributed by atoms with Gasteiger partial charge in [-0.25, -0.2) is 0 Å². The van der Waals surface area contributed by atoms with E-state index in [1.165, 1.54) is 5.56 Å². The lowest BCUT2D eigenvalue weighted by Crippen LogP contribution is -2.29. The van der Waals surface area contributed by atoms with Gasteiger partial charge in [-0.3, -0.25) is 9.69 Å². The van der Waals surface area contributed by atoms with E-state index in [-0.39, 0.29) is 11.9 Å². The lowest BCUT2D eigenvalue weighted by molar-refractivity contribution is 0.0986. The Labute approximate surface area is 170 Å². The molecule has 29 heavy (non-hydrogen) atoms. The van der Waals surface area contributed by atoms with Crippen molar-refractivity contribution in [1.29, 1.82) is 0 Å². The third kappa shape index (κ3) is 2.56. The van der Waals surface area contributed by atoms with Crippen LogP contribution in [0, 0.1) is 6.92 Å². The summed E-state index contributed by atoms with van der Waals surface area (Å²) in [6.07, 6.45) is 0. The van der Waals surface area contributed by atoms with E-state index >= 15 is 0 Å². The molecule has 0 radical (unpaired) electrons. The minimum atomic E-state index is -0.169. The van der Waals surface area contributed by atoms with Gasteiger partial charge in [-0.05, 0) is 42.8 Å². The Kier molecular flexibility index (Phi) is 3.95. The summed E-state index contributed by atoms with van der Waals surface area (Å²) in [6, 6.07) is 24.2. The van der Waals surface area contributed by atoms with Crippen LogP contribution in [0.4, 0.5) is 5.69 Å². The van der Waals surface area contributed by atoms with E-state index < -0.39 is 0 Å². The molecular formula is C25H22N2O2. The molecule has 4 heteroatoms. The molecule has 0 bridgehead atoms. The molecule has 1 aliphatic heterocycles. The molecule has 0 fully saturated rings. The number of carbonyl (C=O) groups is 1. The SMILES string of the molecule is COc1ccc(N2C(=O)c3c(c4ccccc4n3C)[C@@H]2c2ccc(C)cc2)cc1. The topological polar surface area (TPSA) is 34.5 Å². The van der Waals surface area contributed by atoms with Crippen LogP contribution in [0.2, 0.25) is 0 Å². The van der Waals surface area contributed by atoms with Gasteiger partial charge in [0.15, 0.2) is 0 Å². The predicted octanol–water partition coefficient (Wildman–Crippen LogP) is 5.25. The van der Waals surface area contributed by atoms with Crippen LogP contribution in [0.15, 0.2) is 72.8 Å². The summed E-state index contributed by atoms with van der Waals surface area (Å²) in [5.74, 6) is 0.796. The van der Waals surface area contributed by atoms with E-state index in [4.69, 9.17) is 4.74 Å². The molecule has 144 valence electrons. The number of para-hydroxylation sites is 1. The van der Waals surface area contributed by atoms with Crippen molar-refractivity contribution in [1.82, 2.24) is 4.57 Å². The highest BCUT2D eigenvalue weighted by molar-refractivity contribution is 6.15. The number of methoxy groups -OCH3 is 1. The zero-order valence-corrected chi connectivity index (χ0v) is 16.7. The molecule has 0 saturated carbocycles. The molecule has 3 aromatic carbocycles. The van der Waals surface area contributed by atoms with Crippen molar-refractivity contribution >= 4 is 22.5 Å². The molecule has 4 aromatic rings. The third-order valence-electron chi connectivity index (χ3n) is 5.84. The highest BCUT2D eigenvalue weighted by Crippen LogP contribution is 2.46. The van der Waals surface area contributed by atoms with Gasteiger partial charge in [-0.2, -0.15) is 0 Å². The van der Waals surface area contributed by atoms with Gasteiger partial charge < -0.3 is 9.30 Å². The summed E-state index contributed by atoms with van der Waals surface area (Å²) in [6.45, 7) is 2.08. The van der Waals surface area contributed by atoms with Gasteiger partial charge in [0.2, 0.25) is 0 Å². The number of nitrogens with zero attached hydrogens (tertiary/aromatic N) is 2. The standard InChI is InChI=1S/C25H22N2O2/c1-16-8-10-17(11-9-16)23-22-20-6-4-5-7-21(20)26(2)24(22)25(28)27(23)18-12-14-19(29-3)15-13-18/h4-15,23H,1-3H3/t23-/m0/s1. The fraction of sp³-hybridized carbons (Fsp3) is 0.160. The second-order valence-corrected chi connectivity index (χ2v) is 7.52. The molecular weight excluding hydrogens is 360 g/mol. The van der Waals surface area contributed by atoms with Gasteiger partial charge in [0.05, 0.1) is 13.2 Å². The molecule has 1 atom stereocenters. The number of ether oxygens (including phenoxy) is 1. The fourth-order valence-electron chi connectivity index (χ4n) is 4.39. The molecule has 5 rings (SSSR count). The maximum atomic E-state index is 13.7. The van der Waals surface area contributed by atoms with Crippen LogP contribution in [-0.2, 0) is 7.05 Å². The quantitative estimate of drug-likeness (QED) is 0.485. The Bertz CT molecular complexity index is 1220. The van der Waals surface area contributed by atoms with Crippen LogP contribution >= 0.6 is 0 Å². The highest BCUT2D eigenvalue weighted by atomic mass is 16.5. The number of aryl methyl sites for hydroxylation is 2. The number of benzene rings is 3. The number of fused-ring (bicyclic) bond motifs is 3. The average Bonchev–Trinajstić information content (AvgIpc) is 3.22. The first-order valence-electron chi connectivity index (χ1n) is 9.71. The van der Waals surface area contributed by atoms with Crippen LogP contribution in [0.3, 0.4) is 0 Å². The molecule has 1 amide bonds. The molecule has 0 aliphatic carbocycles. The normalized spacial score (nSPS) is 15.8. The van der Waals surface area contributed by atoms with Gasteiger partial charge >= 0.3 is 0 Å². The predicted molar refractivity (Wildman–Crippen MR) is 116 cm³/mol. The van der Waals surface area contributed by atoms with E-state index in [1.807, 2.05) is 52.9 Å². The lowest BCUT2D eigenvalue weighted by atomic mass is 9.97. The van der Waals surface area contributed by atoms with Gasteiger partial charge in [0.25, 0.3) is 5.91 Å². The van der Waals surface area contributed by atoms with Crippen molar-refractivity contribution < 1.29 is 9.53 Å². The van der Waals surface area contributed by atoms with Gasteiger partial charge in [-0.15, -0.1) is 0 Å². The third-order valence-corrected chi connectivity index (χ3v) is 5.84. The average molecular weight is 382 g/mol. The summed E-state index contributed by atoms with van der Waals surface area (Å²) in [5.41, 5.74) is 6.08. The van der Waals surface area contributed by atoms with Crippen LogP contribution in [-0.4, -0.2) is 17.6 Å². The minimum Gasteiger partial charge on any atom is -0.497 e. The zero-order chi connectivity index (χ0) is 20.1. The van der Waals surface area contributed by atoms with Gasteiger partial charge in [-0.1, -0.05) is 48.0 Å². The number of aromatic nitrogens is 1. The maximum absolute atomic E-state index is 13.7. The first-order valence-corrected chi connectivity index (χ1v) is 9.71. The molecule has 1 aliphatic rings. The Morgan fingerprint density at radius 1 is 0.897 bits per heavy atom. The maximum Gasteiger partial charge on any atom is 0.276 e. The van der Waals surface area contributed by atoms with Crippen molar-refractivity contribution in [2.75, 3.05) is 12.0 Å². The molecule has 0 unspecified atom stereocenters. The first kappa shape index (κ1) is 17.6. The molecule has 0 saturated heterocycles. The van der Waals surface area contributed by atoms with Crippen LogP contribution in [0.1, 0.15) is 33.2 Å². The summed E-state index contributed by atoms with van der Waals surface area (Å²) >= 11 is 0. The second kappa shape index (κ2) is 6.52. The van der Waals surface area contributed by atoms with Crippen molar-refractivity contribution in [3.05, 3.63) is 95.2 Å². The molecule has 1 aromatic heterocycles. The minimum absolute atomic E-state index is 0.0226. The van der Waals surface area contributed by atoms with Crippen LogP contribution in [0.5, 0.6) is 5.75 Å². The summed E-state index contributed by atoms with van der Waals surface area (Å²) in [5, 5.41) is 1.12. The Hall–Kier alpha value is -3.53. The zero-order valence-electron chi connectivity index (χ0n) is 16.7. The molecule has 4 nitrogen and oxygen atoms in total. The van der Waals surface area contributed by atoms with E-state index in [0.717, 1.165) is 39.2 Å². The van der Waals surface area contributed by atoms with E-state index in [0.29, 0.717) is 0 Å². The van der Waals surface area contributed by atoms with Crippen molar-refractivity contribution in [3.63, 3.8) is 0 Å². The van der Waals surface area contributed by atoms with Gasteiger partial charge in [0, 0.05) is 29.2 Å². The molecule has 0 N–H and O–H groups in total. The number of carbonyl (C=O) groups excluding carboxylic acids is 1. The largest absolute Gasteiger partial charge is 0.497 e. The second-order valence-electron chi connectivity index (χ2n) is 7.52. The summed E-state index contributed by atoms with van der Waals surface area (Å²) in [7, 11) is 3.62. The molecule has 0 spiro atoms. The van der Waals surface area contributed by atoms with Crippen LogP contribution in [0.25, 0.3) is 10.9 Å². The number of rotatable bonds is 3. The van der Waals surface area contributed by atoms with Crippen molar-refractivity contribution in [3.8, 4) is 5.75 Å². The Morgan fingerprint density at radius 3 is 2.28 bits per heavy atom. The van der Waals surface area contributed by atoms with Crippen LogP contribution < -0.4 is 9.64 Å². The Morgan fingerprint density at radius 2 is 1.59 bits per heavy atom. The molecule has 2 heterocycles. The lowest BCUT2D eigenvalue weighted by Gasteiger charge is -2.27. The highest BCUT2D eigenvalue weighted by Gasteiger charge is 2.42. The van der Waals surface area contributed by atoms with Crippen molar-refractivity contribution in [2.45, 2.75) is 13.0 Å². The Balaban J connectivity index is 1.76. The van der Waals surface area contributed by atoms with Crippen molar-refractivity contribution in [2.24, 2.45) is 7.05 Å². The number of amides is 1. The number of anilines is 1. The first-order chi connectivity index (χ1) is 14.1. The fourth-order valence-corrected chi connectivity index (χ4v) is 4.39. The number of hydrogen-bond acceptors (Lipinski definition) is 2. The summed E-state index contributed by atoms with van der Waals surface area (Å²) < 4.78 is 7.32. The van der Waals surface area contributed by atoms with E-state index in [1.54, 1.807) is 7.11 Å². The van der Waals surface area contributed by atoms with E-state index in [9.17, 15) is 4.79 Å². The number of hydrogen-bond donors (Lipinski definition) is 0. The monoisotopic (exact) mass is 382 g/mol. The van der Waals surface area contributed by atoms with Gasteiger partial charge in [0.1, 0.15) is 11.4 Å². The smallest absolute Gasteiger partial charge is 0.276 e. The summed E-state index contributed by atoms with van der Waals surface area (Å²) in [4.78, 5) is 15.6. The van der Waals surface area contributed by atoms with E-state index in [2.05, 4.69) is 43.3 Å².